The second kappa shape index (κ2) is 7.04. The van der Waals surface area contributed by atoms with Gasteiger partial charge in [-0.15, -0.1) is 0 Å². The number of anilines is 1. The first-order valence-corrected chi connectivity index (χ1v) is 9.69. The minimum absolute atomic E-state index is 0.241. The van der Waals surface area contributed by atoms with E-state index >= 15 is 0 Å². The Bertz CT molecular complexity index is 1010. The quantitative estimate of drug-likeness (QED) is 0.705. The molecule has 26 heavy (non-hydrogen) atoms. The van der Waals surface area contributed by atoms with Crippen molar-refractivity contribution in [2.45, 2.75) is 11.3 Å². The fraction of sp³-hybridized carbons (Fsp3) is 0.438. The smallest absolute Gasteiger partial charge is 0.330 e. The Hall–Kier alpha value is -2.46. The lowest BCUT2D eigenvalue weighted by atomic mass is 10.3. The molecule has 9 nitrogen and oxygen atoms in total. The van der Waals surface area contributed by atoms with Gasteiger partial charge in [-0.2, -0.15) is 4.31 Å². The van der Waals surface area contributed by atoms with E-state index in [9.17, 15) is 18.0 Å². The topological polar surface area (TPSA) is 97.5 Å². The molecule has 0 radical (unpaired) electrons. The van der Waals surface area contributed by atoms with Crippen LogP contribution in [0.25, 0.3) is 0 Å². The summed E-state index contributed by atoms with van der Waals surface area (Å²) in [6.45, 7) is 1.69. The van der Waals surface area contributed by atoms with Crippen LogP contribution in [0.1, 0.15) is 6.42 Å². The second-order valence-electron chi connectivity index (χ2n) is 6.18. The Morgan fingerprint density at radius 1 is 1.04 bits per heavy atom. The van der Waals surface area contributed by atoms with E-state index in [1.165, 1.54) is 18.4 Å². The largest absolute Gasteiger partial charge is 0.355 e. The van der Waals surface area contributed by atoms with Crippen LogP contribution in [0.5, 0.6) is 0 Å². The van der Waals surface area contributed by atoms with Crippen LogP contribution in [0, 0.1) is 0 Å². The molecule has 0 amide bonds. The van der Waals surface area contributed by atoms with Gasteiger partial charge < -0.3 is 9.47 Å². The molecular formula is C16H21N5O4S. The maximum atomic E-state index is 13.0. The van der Waals surface area contributed by atoms with Gasteiger partial charge in [0.2, 0.25) is 10.0 Å². The van der Waals surface area contributed by atoms with Crippen LogP contribution >= 0.6 is 0 Å². The molecule has 1 aliphatic rings. The standard InChI is InChI=1S/C16H21N5O4S/c1-18-12-13(15(22)19(2)16(18)23)26(24,25)21-9-5-8-20(10-11-21)14-6-3-4-7-17-14/h3-4,6-7,12H,5,8-11H2,1-2H3. The van der Waals surface area contributed by atoms with Gasteiger partial charge in [-0.3, -0.25) is 9.36 Å². The van der Waals surface area contributed by atoms with Crippen molar-refractivity contribution < 1.29 is 8.42 Å². The summed E-state index contributed by atoms with van der Waals surface area (Å²) >= 11 is 0. The first-order valence-electron chi connectivity index (χ1n) is 8.25. The van der Waals surface area contributed by atoms with Crippen molar-refractivity contribution in [3.8, 4) is 0 Å². The first-order chi connectivity index (χ1) is 12.3. The third-order valence-electron chi connectivity index (χ3n) is 4.46. The molecular weight excluding hydrogens is 358 g/mol. The Labute approximate surface area is 151 Å². The summed E-state index contributed by atoms with van der Waals surface area (Å²) in [6.07, 6.45) is 3.41. The van der Waals surface area contributed by atoms with Crippen LogP contribution in [-0.2, 0) is 24.1 Å². The lowest BCUT2D eigenvalue weighted by molar-refractivity contribution is 0.430. The van der Waals surface area contributed by atoms with E-state index in [0.717, 1.165) is 21.1 Å². The van der Waals surface area contributed by atoms with Crippen molar-refractivity contribution in [2.24, 2.45) is 14.1 Å². The normalized spacial score (nSPS) is 16.5. The Kier molecular flexibility index (Phi) is 4.97. The van der Waals surface area contributed by atoms with Gasteiger partial charge >= 0.3 is 5.69 Å². The molecule has 0 saturated carbocycles. The molecule has 3 heterocycles. The molecule has 0 aromatic carbocycles. The SMILES string of the molecule is Cn1cc(S(=O)(=O)N2CCCN(c3ccccn3)CC2)c(=O)n(C)c1=O. The highest BCUT2D eigenvalue weighted by molar-refractivity contribution is 7.89. The molecule has 0 bridgehead atoms. The highest BCUT2D eigenvalue weighted by atomic mass is 32.2. The van der Waals surface area contributed by atoms with E-state index < -0.39 is 21.3 Å². The average molecular weight is 379 g/mol. The van der Waals surface area contributed by atoms with Gasteiger partial charge in [0.1, 0.15) is 5.82 Å². The number of nitrogens with zero attached hydrogens (tertiary/aromatic N) is 5. The minimum atomic E-state index is -3.99. The van der Waals surface area contributed by atoms with Gasteiger partial charge in [-0.05, 0) is 18.6 Å². The van der Waals surface area contributed by atoms with Gasteiger partial charge in [-0.1, -0.05) is 6.07 Å². The molecule has 0 aliphatic carbocycles. The predicted octanol–water partition coefficient (Wildman–Crippen LogP) is -0.620. The zero-order chi connectivity index (χ0) is 18.9. The Balaban J connectivity index is 1.90. The summed E-state index contributed by atoms with van der Waals surface area (Å²) in [5, 5.41) is 0. The van der Waals surface area contributed by atoms with Crippen LogP contribution in [0.4, 0.5) is 5.82 Å². The molecule has 1 fully saturated rings. The number of aromatic nitrogens is 3. The average Bonchev–Trinajstić information content (AvgIpc) is 2.90. The minimum Gasteiger partial charge on any atom is -0.355 e. The third-order valence-corrected chi connectivity index (χ3v) is 6.34. The number of pyridine rings is 1. The van der Waals surface area contributed by atoms with E-state index in [0.29, 0.717) is 26.1 Å². The van der Waals surface area contributed by atoms with E-state index in [1.807, 2.05) is 23.1 Å². The number of rotatable bonds is 3. The van der Waals surface area contributed by atoms with Gasteiger partial charge in [0.15, 0.2) is 4.90 Å². The van der Waals surface area contributed by atoms with Crippen molar-refractivity contribution in [3.05, 3.63) is 51.4 Å². The highest BCUT2D eigenvalue weighted by Crippen LogP contribution is 2.17. The summed E-state index contributed by atoms with van der Waals surface area (Å²) in [4.78, 5) is 30.1. The second-order valence-corrected chi connectivity index (χ2v) is 8.09. The maximum absolute atomic E-state index is 13.0. The molecule has 0 N–H and O–H groups in total. The highest BCUT2D eigenvalue weighted by Gasteiger charge is 2.30. The van der Waals surface area contributed by atoms with Crippen LogP contribution < -0.4 is 16.1 Å². The molecule has 1 aliphatic heterocycles. The molecule has 2 aromatic rings. The number of hydrogen-bond donors (Lipinski definition) is 0. The zero-order valence-corrected chi connectivity index (χ0v) is 15.5. The molecule has 2 aromatic heterocycles. The van der Waals surface area contributed by atoms with Crippen molar-refractivity contribution in [2.75, 3.05) is 31.1 Å². The van der Waals surface area contributed by atoms with E-state index in [-0.39, 0.29) is 11.4 Å². The monoisotopic (exact) mass is 379 g/mol. The summed E-state index contributed by atoms with van der Waals surface area (Å²) in [5.41, 5.74) is -1.37. The molecule has 0 atom stereocenters. The summed E-state index contributed by atoms with van der Waals surface area (Å²) in [7, 11) is -1.29. The van der Waals surface area contributed by atoms with Crippen LogP contribution in [0.15, 0.2) is 45.1 Å². The lowest BCUT2D eigenvalue weighted by Crippen LogP contribution is -2.43. The van der Waals surface area contributed by atoms with E-state index in [4.69, 9.17) is 0 Å². The molecule has 0 spiro atoms. The van der Waals surface area contributed by atoms with Gasteiger partial charge in [0.25, 0.3) is 5.56 Å². The van der Waals surface area contributed by atoms with Gasteiger partial charge in [-0.25, -0.2) is 18.2 Å². The van der Waals surface area contributed by atoms with Crippen LogP contribution in [-0.4, -0.2) is 53.0 Å². The fourth-order valence-electron chi connectivity index (χ4n) is 3.00. The van der Waals surface area contributed by atoms with E-state index in [2.05, 4.69) is 4.98 Å². The zero-order valence-electron chi connectivity index (χ0n) is 14.7. The van der Waals surface area contributed by atoms with Crippen LogP contribution in [0.3, 0.4) is 0 Å². The summed E-state index contributed by atoms with van der Waals surface area (Å²) in [5.74, 6) is 0.796. The molecule has 140 valence electrons. The number of hydrogen-bond acceptors (Lipinski definition) is 6. The third kappa shape index (κ3) is 3.29. The molecule has 1 saturated heterocycles. The maximum Gasteiger partial charge on any atom is 0.330 e. The van der Waals surface area contributed by atoms with Gasteiger partial charge in [0.05, 0.1) is 0 Å². The van der Waals surface area contributed by atoms with Crippen LogP contribution in [0.2, 0.25) is 0 Å². The van der Waals surface area contributed by atoms with Crippen molar-refractivity contribution >= 4 is 15.8 Å². The predicted molar refractivity (Wildman–Crippen MR) is 96.7 cm³/mol. The van der Waals surface area contributed by atoms with Gasteiger partial charge in [0, 0.05) is 52.7 Å². The summed E-state index contributed by atoms with van der Waals surface area (Å²) < 4.78 is 29.2. The Morgan fingerprint density at radius 3 is 2.50 bits per heavy atom. The van der Waals surface area contributed by atoms with Crippen molar-refractivity contribution in [1.82, 2.24) is 18.4 Å². The number of aryl methyl sites for hydroxylation is 1. The lowest BCUT2D eigenvalue weighted by Gasteiger charge is -2.22. The number of sulfonamides is 1. The Morgan fingerprint density at radius 2 is 1.81 bits per heavy atom. The fourth-order valence-corrected chi connectivity index (χ4v) is 4.61. The van der Waals surface area contributed by atoms with E-state index in [1.54, 1.807) is 6.20 Å². The molecule has 3 rings (SSSR count). The van der Waals surface area contributed by atoms with Crippen molar-refractivity contribution in [3.63, 3.8) is 0 Å². The molecule has 10 heteroatoms. The first kappa shape index (κ1) is 18.3. The van der Waals surface area contributed by atoms with Crippen molar-refractivity contribution in [1.29, 1.82) is 0 Å². The molecule has 0 unspecified atom stereocenters. The summed E-state index contributed by atoms with van der Waals surface area (Å²) in [6, 6.07) is 5.59.